The number of hydrogen-bond acceptors (Lipinski definition) is 8. The summed E-state index contributed by atoms with van der Waals surface area (Å²) in [6, 6.07) is 5.51. The summed E-state index contributed by atoms with van der Waals surface area (Å²) in [4.78, 5) is 12.5. The van der Waals surface area contributed by atoms with Gasteiger partial charge in [-0.2, -0.15) is 26.6 Å². The van der Waals surface area contributed by atoms with E-state index < -0.39 is 0 Å². The molecule has 0 aliphatic heterocycles. The summed E-state index contributed by atoms with van der Waals surface area (Å²) < 4.78 is 1.99. The summed E-state index contributed by atoms with van der Waals surface area (Å²) in [7, 11) is 0. The van der Waals surface area contributed by atoms with E-state index in [9.17, 15) is 5.26 Å². The van der Waals surface area contributed by atoms with Crippen molar-refractivity contribution in [3.05, 3.63) is 51.4 Å². The highest BCUT2D eigenvalue weighted by molar-refractivity contribution is 7.08. The van der Waals surface area contributed by atoms with Crippen LogP contribution in [0, 0.1) is 11.3 Å². The maximum atomic E-state index is 9.39. The van der Waals surface area contributed by atoms with Crippen molar-refractivity contribution in [3.8, 4) is 11.8 Å². The van der Waals surface area contributed by atoms with Crippen molar-refractivity contribution in [2.45, 2.75) is 13.0 Å². The Morgan fingerprint density at radius 1 is 1.32 bits per heavy atom. The number of anilines is 3. The van der Waals surface area contributed by atoms with Crippen LogP contribution in [-0.4, -0.2) is 19.5 Å². The zero-order valence-corrected chi connectivity index (χ0v) is 16.3. The third-order valence-electron chi connectivity index (χ3n) is 4.34. The van der Waals surface area contributed by atoms with Crippen LogP contribution in [0.2, 0.25) is 5.02 Å². The molecule has 0 aromatic carbocycles. The van der Waals surface area contributed by atoms with Gasteiger partial charge < -0.3 is 21.4 Å². The number of halogens is 1. The SMILES string of the molecule is CC(Nc1nc(N)nc(N)c1C#N)c1cn(-c2ccsc2)c2nccc(Cl)c12. The summed E-state index contributed by atoms with van der Waals surface area (Å²) in [5, 5.41) is 18.0. The van der Waals surface area contributed by atoms with Gasteiger partial charge in [0.25, 0.3) is 0 Å². The number of nitrogens with one attached hydrogen (secondary N) is 1. The molecule has 0 spiro atoms. The van der Waals surface area contributed by atoms with Crippen LogP contribution in [0.3, 0.4) is 0 Å². The molecule has 0 bridgehead atoms. The molecule has 1 unspecified atom stereocenters. The lowest BCUT2D eigenvalue weighted by Crippen LogP contribution is -2.13. The summed E-state index contributed by atoms with van der Waals surface area (Å²) in [5.74, 6) is 0.299. The Balaban J connectivity index is 1.83. The first-order chi connectivity index (χ1) is 13.5. The van der Waals surface area contributed by atoms with Crippen LogP contribution in [-0.2, 0) is 0 Å². The number of aromatic nitrogens is 4. The molecule has 0 saturated heterocycles. The fraction of sp³-hybridized carbons (Fsp3) is 0.111. The summed E-state index contributed by atoms with van der Waals surface area (Å²) in [6.07, 6.45) is 3.65. The van der Waals surface area contributed by atoms with Gasteiger partial charge in [-0.25, -0.2) is 4.98 Å². The van der Waals surface area contributed by atoms with Crippen LogP contribution in [0.15, 0.2) is 35.3 Å². The molecule has 140 valence electrons. The largest absolute Gasteiger partial charge is 0.382 e. The summed E-state index contributed by atoms with van der Waals surface area (Å²) in [5.41, 5.74) is 14.3. The number of nitrogens with two attached hydrogens (primary N) is 2. The molecule has 0 saturated carbocycles. The van der Waals surface area contributed by atoms with Crippen LogP contribution in [0.1, 0.15) is 24.1 Å². The molecular formula is C18H15ClN8S. The third-order valence-corrected chi connectivity index (χ3v) is 5.32. The monoisotopic (exact) mass is 410 g/mol. The van der Waals surface area contributed by atoms with E-state index in [1.165, 1.54) is 0 Å². The Morgan fingerprint density at radius 2 is 2.14 bits per heavy atom. The summed E-state index contributed by atoms with van der Waals surface area (Å²) >= 11 is 8.09. The molecule has 4 rings (SSSR count). The van der Waals surface area contributed by atoms with Crippen LogP contribution in [0.5, 0.6) is 0 Å². The van der Waals surface area contributed by atoms with Crippen molar-refractivity contribution in [2.24, 2.45) is 0 Å². The Morgan fingerprint density at radius 3 is 2.86 bits per heavy atom. The van der Waals surface area contributed by atoms with E-state index in [4.69, 9.17) is 23.1 Å². The lowest BCUT2D eigenvalue weighted by atomic mass is 10.1. The molecule has 4 heterocycles. The van der Waals surface area contributed by atoms with Crippen LogP contribution in [0.4, 0.5) is 17.6 Å². The lowest BCUT2D eigenvalue weighted by Gasteiger charge is -2.16. The van der Waals surface area contributed by atoms with E-state index in [-0.39, 0.29) is 29.2 Å². The molecule has 10 heteroatoms. The van der Waals surface area contributed by atoms with Crippen LogP contribution < -0.4 is 16.8 Å². The molecule has 4 aromatic rings. The minimum Gasteiger partial charge on any atom is -0.382 e. The molecule has 0 radical (unpaired) electrons. The van der Waals surface area contributed by atoms with Gasteiger partial charge in [0.2, 0.25) is 5.95 Å². The average molecular weight is 411 g/mol. The van der Waals surface area contributed by atoms with Crippen molar-refractivity contribution >= 4 is 51.6 Å². The number of nitriles is 1. The average Bonchev–Trinajstić information content (AvgIpc) is 3.29. The maximum absolute atomic E-state index is 9.39. The van der Waals surface area contributed by atoms with Crippen LogP contribution in [0.25, 0.3) is 16.7 Å². The molecule has 8 nitrogen and oxygen atoms in total. The first kappa shape index (κ1) is 18.0. The minimum absolute atomic E-state index is 0.00778. The Bertz CT molecular complexity index is 1210. The normalized spacial score (nSPS) is 12.0. The van der Waals surface area contributed by atoms with Crippen LogP contribution >= 0.6 is 22.9 Å². The van der Waals surface area contributed by atoms with Crippen molar-refractivity contribution in [1.82, 2.24) is 19.5 Å². The summed E-state index contributed by atoms with van der Waals surface area (Å²) in [6.45, 7) is 1.94. The minimum atomic E-state index is -0.259. The second-order valence-corrected chi connectivity index (χ2v) is 7.28. The number of rotatable bonds is 4. The maximum Gasteiger partial charge on any atom is 0.224 e. The first-order valence-corrected chi connectivity index (χ1v) is 9.59. The standard InChI is InChI=1S/C18H15ClN8S/c1-9(24-16-11(6-20)15(21)25-18(22)26-16)12-7-27(10-3-5-28-8-10)17-14(12)13(19)2-4-23-17/h2-5,7-9H,1H3,(H5,21,22,24,25,26). The fourth-order valence-corrected chi connectivity index (χ4v) is 3.93. The molecule has 1 atom stereocenters. The predicted octanol–water partition coefficient (Wildman–Crippen LogP) is 3.74. The van der Waals surface area contributed by atoms with E-state index in [1.807, 2.05) is 40.6 Å². The second-order valence-electron chi connectivity index (χ2n) is 6.10. The van der Waals surface area contributed by atoms with Gasteiger partial charge in [0.15, 0.2) is 5.82 Å². The highest BCUT2D eigenvalue weighted by atomic mass is 35.5. The van der Waals surface area contributed by atoms with E-state index in [0.29, 0.717) is 5.02 Å². The van der Waals surface area contributed by atoms with Gasteiger partial charge in [-0.3, -0.25) is 0 Å². The topological polar surface area (TPSA) is 131 Å². The van der Waals surface area contributed by atoms with Crippen molar-refractivity contribution in [2.75, 3.05) is 16.8 Å². The molecular weight excluding hydrogens is 396 g/mol. The molecule has 0 aliphatic rings. The number of hydrogen-bond donors (Lipinski definition) is 3. The fourth-order valence-electron chi connectivity index (χ4n) is 3.06. The van der Waals surface area contributed by atoms with Gasteiger partial charge in [-0.1, -0.05) is 11.6 Å². The van der Waals surface area contributed by atoms with E-state index >= 15 is 0 Å². The van der Waals surface area contributed by atoms with Crippen molar-refractivity contribution in [3.63, 3.8) is 0 Å². The van der Waals surface area contributed by atoms with Gasteiger partial charge >= 0.3 is 0 Å². The first-order valence-electron chi connectivity index (χ1n) is 8.27. The number of nitrogen functional groups attached to an aromatic ring is 2. The van der Waals surface area contributed by atoms with Gasteiger partial charge in [-0.15, -0.1) is 0 Å². The zero-order chi connectivity index (χ0) is 19.8. The lowest BCUT2D eigenvalue weighted by molar-refractivity contribution is 0.875. The van der Waals surface area contributed by atoms with Gasteiger partial charge in [0.05, 0.1) is 16.8 Å². The van der Waals surface area contributed by atoms with Crippen molar-refractivity contribution < 1.29 is 0 Å². The van der Waals surface area contributed by atoms with E-state index in [2.05, 4.69) is 20.3 Å². The Kier molecular flexibility index (Phi) is 4.50. The number of pyridine rings is 1. The second kappa shape index (κ2) is 6.99. The molecule has 0 fully saturated rings. The smallest absolute Gasteiger partial charge is 0.224 e. The number of thiophene rings is 1. The highest BCUT2D eigenvalue weighted by Gasteiger charge is 2.21. The number of nitrogens with zero attached hydrogens (tertiary/aromatic N) is 5. The van der Waals surface area contributed by atoms with E-state index in [1.54, 1.807) is 23.6 Å². The molecule has 5 N–H and O–H groups in total. The quantitative estimate of drug-likeness (QED) is 0.466. The zero-order valence-electron chi connectivity index (χ0n) is 14.7. The molecule has 28 heavy (non-hydrogen) atoms. The van der Waals surface area contributed by atoms with Crippen molar-refractivity contribution in [1.29, 1.82) is 5.26 Å². The molecule has 0 aliphatic carbocycles. The van der Waals surface area contributed by atoms with E-state index in [0.717, 1.165) is 22.3 Å². The Labute approximate surface area is 169 Å². The highest BCUT2D eigenvalue weighted by Crippen LogP contribution is 2.35. The van der Waals surface area contributed by atoms with Gasteiger partial charge in [0.1, 0.15) is 23.1 Å². The Hall–Kier alpha value is -3.35. The number of fused-ring (bicyclic) bond motifs is 1. The predicted molar refractivity (Wildman–Crippen MR) is 112 cm³/mol. The van der Waals surface area contributed by atoms with Gasteiger partial charge in [0, 0.05) is 28.7 Å². The third kappa shape index (κ3) is 2.98. The molecule has 0 amide bonds. The molecule has 4 aromatic heterocycles. The van der Waals surface area contributed by atoms with Gasteiger partial charge in [-0.05, 0) is 24.4 Å².